The van der Waals surface area contributed by atoms with Gasteiger partial charge in [0.2, 0.25) is 0 Å². The molecule has 4 N–H and O–H groups in total. The molecule has 1 aliphatic rings. The van der Waals surface area contributed by atoms with Gasteiger partial charge in [0.25, 0.3) is 5.91 Å². The van der Waals surface area contributed by atoms with E-state index in [1.165, 1.54) is 11.3 Å². The number of nitrogens with zero attached hydrogens (tertiary/aromatic N) is 1. The van der Waals surface area contributed by atoms with Gasteiger partial charge in [-0.3, -0.25) is 9.59 Å². The third-order valence-electron chi connectivity index (χ3n) is 4.38. The number of nitrogens with one attached hydrogen (secondary N) is 1. The Morgan fingerprint density at radius 3 is 2.65 bits per heavy atom. The average Bonchev–Trinajstić information content (AvgIpc) is 2.88. The van der Waals surface area contributed by atoms with Crippen molar-refractivity contribution in [2.45, 2.75) is 38.6 Å². The van der Waals surface area contributed by atoms with E-state index in [-0.39, 0.29) is 17.9 Å². The minimum absolute atomic E-state index is 0.0423. The number of aromatic nitrogens is 1. The Bertz CT molecular complexity index is 763. The molecule has 1 aromatic carbocycles. The fourth-order valence-corrected chi connectivity index (χ4v) is 3.95. The van der Waals surface area contributed by atoms with Crippen LogP contribution in [0.2, 0.25) is 0 Å². The normalized spacial score (nSPS) is 21.3. The topological polar surface area (TPSA) is 105 Å². The van der Waals surface area contributed by atoms with Crippen LogP contribution in [0.25, 0.3) is 10.2 Å². The molecule has 122 valence electrons. The molecule has 1 amide bonds. The zero-order chi connectivity index (χ0) is 16.6. The van der Waals surface area contributed by atoms with Crippen molar-refractivity contribution in [3.63, 3.8) is 0 Å². The summed E-state index contributed by atoms with van der Waals surface area (Å²) < 4.78 is 0.905. The molecule has 0 radical (unpaired) electrons. The van der Waals surface area contributed by atoms with Crippen molar-refractivity contribution < 1.29 is 14.7 Å². The summed E-state index contributed by atoms with van der Waals surface area (Å²) in [6.07, 6.45) is 2.64. The van der Waals surface area contributed by atoms with Crippen LogP contribution in [-0.2, 0) is 4.79 Å². The summed E-state index contributed by atoms with van der Waals surface area (Å²) in [4.78, 5) is 27.7. The molecule has 0 bridgehead atoms. The number of hydrogen-bond donors (Lipinski definition) is 3. The molecular formula is C16H19N3O3S. The molecule has 1 aliphatic carbocycles. The first-order valence-electron chi connectivity index (χ1n) is 7.64. The van der Waals surface area contributed by atoms with E-state index in [2.05, 4.69) is 10.3 Å². The molecule has 6 nitrogen and oxygen atoms in total. The minimum atomic E-state index is -0.737. The van der Waals surface area contributed by atoms with E-state index < -0.39 is 5.97 Å². The SMILES string of the molecule is Cc1cc(C(=O)NC2CCC(C(=O)O)CC2)cc2sc(N)nc12. The van der Waals surface area contributed by atoms with Gasteiger partial charge in [-0.05, 0) is 50.3 Å². The second kappa shape index (κ2) is 6.16. The summed E-state index contributed by atoms with van der Waals surface area (Å²) >= 11 is 1.37. The molecule has 1 saturated carbocycles. The van der Waals surface area contributed by atoms with Gasteiger partial charge in [-0.25, -0.2) is 4.98 Å². The molecule has 3 rings (SSSR count). The number of hydrogen-bond acceptors (Lipinski definition) is 5. The molecule has 7 heteroatoms. The number of anilines is 1. The number of rotatable bonds is 3. The van der Waals surface area contributed by atoms with E-state index >= 15 is 0 Å². The molecule has 0 unspecified atom stereocenters. The largest absolute Gasteiger partial charge is 0.481 e. The fraction of sp³-hybridized carbons (Fsp3) is 0.438. The number of thiazole rings is 1. The number of carbonyl (C=O) groups is 2. The summed E-state index contributed by atoms with van der Waals surface area (Å²) in [6, 6.07) is 3.68. The molecule has 0 atom stereocenters. The number of amides is 1. The predicted molar refractivity (Wildman–Crippen MR) is 89.6 cm³/mol. The van der Waals surface area contributed by atoms with Crippen LogP contribution < -0.4 is 11.1 Å². The van der Waals surface area contributed by atoms with Gasteiger partial charge >= 0.3 is 5.97 Å². The van der Waals surface area contributed by atoms with Crippen molar-refractivity contribution in [2.24, 2.45) is 5.92 Å². The van der Waals surface area contributed by atoms with Gasteiger partial charge in [0, 0.05) is 11.6 Å². The maximum Gasteiger partial charge on any atom is 0.306 e. The van der Waals surface area contributed by atoms with Crippen molar-refractivity contribution in [3.8, 4) is 0 Å². The van der Waals surface area contributed by atoms with Gasteiger partial charge in [-0.15, -0.1) is 0 Å². The van der Waals surface area contributed by atoms with Crippen LogP contribution in [-0.4, -0.2) is 28.0 Å². The smallest absolute Gasteiger partial charge is 0.306 e. The second-order valence-electron chi connectivity index (χ2n) is 6.05. The van der Waals surface area contributed by atoms with E-state index in [4.69, 9.17) is 10.8 Å². The number of aliphatic carboxylic acids is 1. The highest BCUT2D eigenvalue weighted by Crippen LogP contribution is 2.28. The lowest BCUT2D eigenvalue weighted by atomic mass is 9.86. The molecular weight excluding hydrogens is 314 g/mol. The van der Waals surface area contributed by atoms with Gasteiger partial charge in [-0.1, -0.05) is 11.3 Å². The van der Waals surface area contributed by atoms with Crippen LogP contribution in [0.3, 0.4) is 0 Å². The monoisotopic (exact) mass is 333 g/mol. The average molecular weight is 333 g/mol. The van der Waals surface area contributed by atoms with Crippen LogP contribution in [0.15, 0.2) is 12.1 Å². The molecule has 1 heterocycles. The Labute approximate surface area is 137 Å². The first-order chi connectivity index (χ1) is 10.9. The lowest BCUT2D eigenvalue weighted by molar-refractivity contribution is -0.142. The Balaban J connectivity index is 1.70. The molecule has 0 saturated heterocycles. The summed E-state index contributed by atoms with van der Waals surface area (Å²) in [6.45, 7) is 1.91. The number of carboxylic acids is 1. The standard InChI is InChI=1S/C16H19N3O3S/c1-8-6-10(7-12-13(8)19-16(17)23-12)14(20)18-11-4-2-9(3-5-11)15(21)22/h6-7,9,11H,2-5H2,1H3,(H2,17,19)(H,18,20)(H,21,22). The van der Waals surface area contributed by atoms with Gasteiger partial charge in [0.05, 0.1) is 16.1 Å². The number of fused-ring (bicyclic) bond motifs is 1. The van der Waals surface area contributed by atoms with Gasteiger partial charge in [-0.2, -0.15) is 0 Å². The maximum absolute atomic E-state index is 12.5. The molecule has 1 aromatic heterocycles. The third kappa shape index (κ3) is 3.29. The highest BCUT2D eigenvalue weighted by Gasteiger charge is 2.27. The van der Waals surface area contributed by atoms with Crippen molar-refractivity contribution in [1.29, 1.82) is 0 Å². The Kier molecular flexibility index (Phi) is 4.21. The zero-order valence-corrected chi connectivity index (χ0v) is 13.7. The van der Waals surface area contributed by atoms with Crippen LogP contribution in [0.4, 0.5) is 5.13 Å². The van der Waals surface area contributed by atoms with E-state index in [0.717, 1.165) is 15.8 Å². The minimum Gasteiger partial charge on any atom is -0.481 e. The second-order valence-corrected chi connectivity index (χ2v) is 7.11. The zero-order valence-electron chi connectivity index (χ0n) is 12.8. The van der Waals surface area contributed by atoms with Gasteiger partial charge in [0.1, 0.15) is 0 Å². The number of benzene rings is 1. The Morgan fingerprint density at radius 1 is 1.30 bits per heavy atom. The Hall–Kier alpha value is -2.15. The predicted octanol–water partition coefficient (Wildman–Crippen LogP) is 2.56. The van der Waals surface area contributed by atoms with Crippen LogP contribution >= 0.6 is 11.3 Å². The highest BCUT2D eigenvalue weighted by atomic mass is 32.1. The number of nitrogens with two attached hydrogens (primary N) is 1. The van der Waals surface area contributed by atoms with Crippen molar-refractivity contribution in [2.75, 3.05) is 5.73 Å². The van der Waals surface area contributed by atoms with Gasteiger partial charge < -0.3 is 16.2 Å². The first kappa shape index (κ1) is 15.7. The lowest BCUT2D eigenvalue weighted by Crippen LogP contribution is -2.38. The highest BCUT2D eigenvalue weighted by molar-refractivity contribution is 7.22. The first-order valence-corrected chi connectivity index (χ1v) is 8.46. The van der Waals surface area contributed by atoms with Crippen LogP contribution in [0.5, 0.6) is 0 Å². The van der Waals surface area contributed by atoms with E-state index in [9.17, 15) is 9.59 Å². The van der Waals surface area contributed by atoms with Crippen LogP contribution in [0, 0.1) is 12.8 Å². The fourth-order valence-electron chi connectivity index (χ4n) is 3.10. The molecule has 23 heavy (non-hydrogen) atoms. The molecule has 0 spiro atoms. The maximum atomic E-state index is 12.5. The third-order valence-corrected chi connectivity index (χ3v) is 5.21. The van der Waals surface area contributed by atoms with Gasteiger partial charge in [0.15, 0.2) is 5.13 Å². The van der Waals surface area contributed by atoms with Crippen molar-refractivity contribution in [3.05, 3.63) is 23.3 Å². The lowest BCUT2D eigenvalue weighted by Gasteiger charge is -2.26. The van der Waals surface area contributed by atoms with Crippen molar-refractivity contribution >= 4 is 38.6 Å². The summed E-state index contributed by atoms with van der Waals surface area (Å²) in [5.41, 5.74) is 8.09. The van der Waals surface area contributed by atoms with E-state index in [0.29, 0.717) is 36.4 Å². The number of carbonyl (C=O) groups excluding carboxylic acids is 1. The number of carboxylic acid groups (broad SMARTS) is 1. The molecule has 2 aromatic rings. The van der Waals surface area contributed by atoms with Crippen LogP contribution in [0.1, 0.15) is 41.6 Å². The number of nitrogen functional groups attached to an aromatic ring is 1. The van der Waals surface area contributed by atoms with Crippen molar-refractivity contribution in [1.82, 2.24) is 10.3 Å². The molecule has 1 fully saturated rings. The Morgan fingerprint density at radius 2 is 2.00 bits per heavy atom. The summed E-state index contributed by atoms with van der Waals surface area (Å²) in [7, 11) is 0. The summed E-state index contributed by atoms with van der Waals surface area (Å²) in [5.74, 6) is -1.14. The van der Waals surface area contributed by atoms with E-state index in [1.807, 2.05) is 19.1 Å². The quantitative estimate of drug-likeness (QED) is 0.800. The summed E-state index contributed by atoms with van der Waals surface area (Å²) in [5, 5.41) is 12.5. The molecule has 0 aliphatic heterocycles. The number of aryl methyl sites for hydroxylation is 1. The van der Waals surface area contributed by atoms with E-state index in [1.54, 1.807) is 0 Å².